The molecule has 0 aliphatic heterocycles. The van der Waals surface area contributed by atoms with Gasteiger partial charge in [0.2, 0.25) is 0 Å². The standard InChI is InChI=1S/C53H50N3O.Pt/c1-34(2)35-21-23-36(24-22-35)38-27-28-54-46(32-38)40-29-39(30-42(31-40)53(6,7)8)43-18-14-19-48-50(43)55-51(44-17-12-13-20-49(44)57)56(48)47-26-25-41(52(3,4)5)33-45(47)37-15-10-9-11-16-37;/h9-28,30-34,57H,1-8H3;/q-1;/i34D;. The number of hydrogen-bond acceptors (Lipinski definition) is 3. The number of benzene rings is 6. The predicted molar refractivity (Wildman–Crippen MR) is 238 cm³/mol. The number of phenolic OH excluding ortho intramolecular Hbond substituents is 1. The molecule has 6 aromatic carbocycles. The molecule has 0 saturated heterocycles. The van der Waals surface area contributed by atoms with Crippen LogP contribution in [0.25, 0.3) is 72.7 Å². The monoisotopic (exact) mass is 940 g/mol. The fraction of sp³-hybridized carbons (Fsp3) is 0.208. The van der Waals surface area contributed by atoms with Crippen molar-refractivity contribution in [2.24, 2.45) is 0 Å². The second kappa shape index (κ2) is 16.0. The summed E-state index contributed by atoms with van der Waals surface area (Å²) < 4.78 is 10.7. The van der Waals surface area contributed by atoms with Crippen LogP contribution in [0.3, 0.4) is 0 Å². The van der Waals surface area contributed by atoms with E-state index in [2.05, 4.69) is 143 Å². The third-order valence-corrected chi connectivity index (χ3v) is 10.9. The minimum Gasteiger partial charge on any atom is -0.507 e. The van der Waals surface area contributed by atoms with Gasteiger partial charge in [-0.1, -0.05) is 158 Å². The molecule has 0 unspecified atom stereocenters. The molecule has 0 fully saturated rings. The van der Waals surface area contributed by atoms with Crippen LogP contribution in [0.15, 0.2) is 146 Å². The number of nitrogens with zero attached hydrogens (tertiary/aromatic N) is 3. The average Bonchev–Trinajstić information content (AvgIpc) is 3.59. The number of pyridine rings is 1. The number of aromatic nitrogens is 3. The van der Waals surface area contributed by atoms with E-state index in [1.54, 1.807) is 6.07 Å². The summed E-state index contributed by atoms with van der Waals surface area (Å²) in [5.41, 5.74) is 14.4. The molecular formula is C53H50N3OPt-. The molecule has 4 nitrogen and oxygen atoms in total. The van der Waals surface area contributed by atoms with Gasteiger partial charge < -0.3 is 5.11 Å². The van der Waals surface area contributed by atoms with Crippen LogP contribution in [-0.2, 0) is 31.9 Å². The van der Waals surface area contributed by atoms with Gasteiger partial charge in [0.05, 0.1) is 22.3 Å². The zero-order chi connectivity index (χ0) is 41.0. The maximum absolute atomic E-state index is 11.4. The molecule has 2 aromatic heterocycles. The molecule has 294 valence electrons. The Bertz CT molecular complexity index is 2790. The van der Waals surface area contributed by atoms with E-state index in [0.717, 1.165) is 72.5 Å². The molecule has 1 N–H and O–H groups in total. The van der Waals surface area contributed by atoms with Crippen LogP contribution in [0.5, 0.6) is 5.75 Å². The van der Waals surface area contributed by atoms with Crippen molar-refractivity contribution < 1.29 is 27.5 Å². The largest absolute Gasteiger partial charge is 0.507 e. The first-order valence-corrected chi connectivity index (χ1v) is 19.7. The summed E-state index contributed by atoms with van der Waals surface area (Å²) in [6.07, 6.45) is 1.86. The van der Waals surface area contributed by atoms with Gasteiger partial charge in [-0.15, -0.1) is 29.3 Å². The number of para-hydroxylation sites is 2. The maximum atomic E-state index is 11.4. The minimum atomic E-state index is -0.664. The van der Waals surface area contributed by atoms with E-state index >= 15 is 0 Å². The number of phenols is 1. The third-order valence-electron chi connectivity index (χ3n) is 10.9. The van der Waals surface area contributed by atoms with Gasteiger partial charge >= 0.3 is 0 Å². The number of hydrogen-bond donors (Lipinski definition) is 1. The van der Waals surface area contributed by atoms with E-state index in [4.69, 9.17) is 11.3 Å². The van der Waals surface area contributed by atoms with E-state index in [1.807, 2.05) is 62.5 Å². The van der Waals surface area contributed by atoms with Crippen molar-refractivity contribution in [1.29, 1.82) is 0 Å². The van der Waals surface area contributed by atoms with Crippen molar-refractivity contribution in [3.05, 3.63) is 168 Å². The zero-order valence-corrected chi connectivity index (χ0v) is 36.7. The summed E-state index contributed by atoms with van der Waals surface area (Å²) in [5, 5.41) is 11.4. The summed E-state index contributed by atoms with van der Waals surface area (Å²) in [6.45, 7) is 17.2. The molecule has 0 bridgehead atoms. The molecule has 0 aliphatic carbocycles. The normalized spacial score (nSPS) is 12.3. The van der Waals surface area contributed by atoms with Crippen LogP contribution >= 0.6 is 0 Å². The van der Waals surface area contributed by atoms with Crippen molar-refractivity contribution >= 4 is 11.0 Å². The smallest absolute Gasteiger partial charge is 0.148 e. The minimum absolute atomic E-state index is 0. The third kappa shape index (κ3) is 7.96. The fourth-order valence-corrected chi connectivity index (χ4v) is 7.49. The van der Waals surface area contributed by atoms with Gasteiger partial charge in [0.25, 0.3) is 0 Å². The molecule has 0 aliphatic rings. The van der Waals surface area contributed by atoms with Gasteiger partial charge in [-0.05, 0) is 80.9 Å². The van der Waals surface area contributed by atoms with Gasteiger partial charge in [0, 0.05) is 39.9 Å². The number of imidazole rings is 1. The van der Waals surface area contributed by atoms with Crippen LogP contribution in [0.1, 0.15) is 79.3 Å². The Labute approximate surface area is 359 Å². The Kier molecular flexibility index (Phi) is 10.8. The molecular weight excluding hydrogens is 890 g/mol. The first-order valence-electron chi connectivity index (χ1n) is 20.2. The Hall–Kier alpha value is -5.57. The average molecular weight is 941 g/mol. The Morgan fingerprint density at radius 1 is 0.621 bits per heavy atom. The van der Waals surface area contributed by atoms with Gasteiger partial charge in [-0.25, -0.2) is 4.98 Å². The van der Waals surface area contributed by atoms with Crippen LogP contribution in [0.2, 0.25) is 0 Å². The Morgan fingerprint density at radius 3 is 1.98 bits per heavy atom. The summed E-state index contributed by atoms with van der Waals surface area (Å²) in [5.74, 6) is 0.159. The number of aromatic hydroxyl groups is 1. The number of fused-ring (bicyclic) bond motifs is 1. The molecule has 8 aromatic rings. The molecule has 0 saturated carbocycles. The van der Waals surface area contributed by atoms with Gasteiger partial charge in [-0.2, -0.15) is 0 Å². The molecule has 0 atom stereocenters. The van der Waals surface area contributed by atoms with E-state index in [-0.39, 0.29) is 37.6 Å². The van der Waals surface area contributed by atoms with E-state index < -0.39 is 5.89 Å². The molecule has 0 spiro atoms. The van der Waals surface area contributed by atoms with Crippen LogP contribution < -0.4 is 0 Å². The second-order valence-corrected chi connectivity index (χ2v) is 17.3. The van der Waals surface area contributed by atoms with E-state index in [9.17, 15) is 5.11 Å². The quantitative estimate of drug-likeness (QED) is 0.162. The van der Waals surface area contributed by atoms with Crippen LogP contribution in [0.4, 0.5) is 0 Å². The summed E-state index contributed by atoms with van der Waals surface area (Å²) in [6, 6.07) is 51.6. The molecule has 8 rings (SSSR count). The van der Waals surface area contributed by atoms with E-state index in [1.165, 1.54) is 5.56 Å². The van der Waals surface area contributed by atoms with Crippen molar-refractivity contribution in [2.75, 3.05) is 0 Å². The Morgan fingerprint density at radius 2 is 1.29 bits per heavy atom. The SMILES string of the molecule is [2H]C(C)(C)c1ccc(-c2ccnc(-c3[c-]c(-c4cccc5c4nc(-c4ccccc4O)n5-c4ccc(C(C)(C)C)cc4-c4ccccc4)cc(C(C)(C)C)c3)c2)cc1.[Pt]. The first-order chi connectivity index (χ1) is 27.6. The topological polar surface area (TPSA) is 50.9 Å². The first kappa shape index (κ1) is 39.3. The van der Waals surface area contributed by atoms with Gasteiger partial charge in [0.1, 0.15) is 11.6 Å². The van der Waals surface area contributed by atoms with Crippen molar-refractivity contribution in [3.8, 4) is 67.5 Å². The van der Waals surface area contributed by atoms with Crippen LogP contribution in [-0.4, -0.2) is 19.6 Å². The van der Waals surface area contributed by atoms with Gasteiger partial charge in [0.15, 0.2) is 0 Å². The zero-order valence-electron chi connectivity index (χ0n) is 35.5. The molecule has 58 heavy (non-hydrogen) atoms. The molecule has 0 radical (unpaired) electrons. The second-order valence-electron chi connectivity index (χ2n) is 17.3. The fourth-order valence-electron chi connectivity index (χ4n) is 7.49. The van der Waals surface area contributed by atoms with Crippen molar-refractivity contribution in [1.82, 2.24) is 14.5 Å². The molecule has 0 amide bonds. The summed E-state index contributed by atoms with van der Waals surface area (Å²) in [4.78, 5) is 10.3. The molecule has 5 heteroatoms. The summed E-state index contributed by atoms with van der Waals surface area (Å²) in [7, 11) is 0. The number of rotatable bonds is 7. The van der Waals surface area contributed by atoms with E-state index in [0.29, 0.717) is 11.4 Å². The van der Waals surface area contributed by atoms with Crippen LogP contribution in [0, 0.1) is 6.07 Å². The van der Waals surface area contributed by atoms with Crippen molar-refractivity contribution in [3.63, 3.8) is 0 Å². The van der Waals surface area contributed by atoms with Gasteiger partial charge in [-0.3, -0.25) is 9.55 Å². The maximum Gasteiger partial charge on any atom is 0.148 e. The Balaban J connectivity index is 0.00000528. The summed E-state index contributed by atoms with van der Waals surface area (Å²) >= 11 is 0. The predicted octanol–water partition coefficient (Wildman–Crippen LogP) is 14.0. The molecule has 2 heterocycles. The van der Waals surface area contributed by atoms with Crippen molar-refractivity contribution in [2.45, 2.75) is 72.1 Å².